The molecule has 10 nitrogen and oxygen atoms in total. The second kappa shape index (κ2) is 9.76. The molecule has 3 aromatic heterocycles. The normalized spacial score (nSPS) is 21.9. The molecule has 4 atom stereocenters. The number of aromatic nitrogens is 4. The summed E-state index contributed by atoms with van der Waals surface area (Å²) in [5, 5.41) is 9.79. The van der Waals surface area contributed by atoms with Gasteiger partial charge in [0.25, 0.3) is 5.56 Å². The van der Waals surface area contributed by atoms with Crippen molar-refractivity contribution in [1.29, 1.82) is 0 Å². The Balaban J connectivity index is 1.50. The van der Waals surface area contributed by atoms with Crippen LogP contribution in [0.1, 0.15) is 29.3 Å². The number of aryl methyl sites for hydroxylation is 2. The van der Waals surface area contributed by atoms with Crippen LogP contribution in [0.4, 0.5) is 0 Å². The van der Waals surface area contributed by atoms with Crippen molar-refractivity contribution in [1.82, 2.24) is 19.5 Å². The molecule has 3 aromatic rings. The van der Waals surface area contributed by atoms with Gasteiger partial charge >= 0.3 is 5.69 Å². The molecule has 34 heavy (non-hydrogen) atoms. The van der Waals surface area contributed by atoms with Crippen LogP contribution in [-0.2, 0) is 20.0 Å². The van der Waals surface area contributed by atoms with Gasteiger partial charge in [-0.05, 0) is 49.2 Å². The molecule has 0 spiro atoms. The van der Waals surface area contributed by atoms with Crippen LogP contribution in [-0.4, -0.2) is 50.1 Å². The predicted octanol–water partition coefficient (Wildman–Crippen LogP) is 2.38. The third kappa shape index (κ3) is 5.42. The molecule has 11 heteroatoms. The number of H-pyrrole nitrogens is 1. The first kappa shape index (κ1) is 24.2. The fraction of sp³-hybridized carbons (Fsp3) is 0.391. The van der Waals surface area contributed by atoms with Gasteiger partial charge in [0, 0.05) is 43.4 Å². The molecule has 0 aromatic carbocycles. The van der Waals surface area contributed by atoms with Crippen molar-refractivity contribution in [3.05, 3.63) is 80.4 Å². The first-order valence-corrected chi connectivity index (χ1v) is 13.1. The van der Waals surface area contributed by atoms with Crippen molar-refractivity contribution in [2.45, 2.75) is 44.9 Å². The van der Waals surface area contributed by atoms with E-state index < -0.39 is 37.1 Å². The Morgan fingerprint density at radius 1 is 1.21 bits per heavy atom. The van der Waals surface area contributed by atoms with Gasteiger partial charge < -0.3 is 14.4 Å². The lowest BCUT2D eigenvalue weighted by atomic mass is 10.1. The molecule has 0 radical (unpaired) electrons. The largest absolute Gasteiger partial charge is 0.394 e. The summed E-state index contributed by atoms with van der Waals surface area (Å²) < 4.78 is 26.4. The van der Waals surface area contributed by atoms with Crippen LogP contribution in [0.5, 0.6) is 0 Å². The highest BCUT2D eigenvalue weighted by molar-refractivity contribution is 7.57. The number of ether oxygens (including phenoxy) is 1. The summed E-state index contributed by atoms with van der Waals surface area (Å²) in [5.74, 6) is 0. The smallest absolute Gasteiger partial charge is 0.330 e. The third-order valence-electron chi connectivity index (χ3n) is 5.65. The fourth-order valence-electron chi connectivity index (χ4n) is 3.99. The zero-order chi connectivity index (χ0) is 24.5. The molecule has 2 unspecified atom stereocenters. The first-order chi connectivity index (χ1) is 16.1. The molecule has 0 saturated carbocycles. The van der Waals surface area contributed by atoms with E-state index in [0.29, 0.717) is 11.3 Å². The number of nitrogens with one attached hydrogen (secondary N) is 1. The number of aliphatic hydroxyl groups is 1. The molecule has 1 aliphatic rings. The Kier molecular flexibility index (Phi) is 6.95. The number of rotatable bonds is 7. The van der Waals surface area contributed by atoms with E-state index in [1.54, 1.807) is 25.4 Å². The van der Waals surface area contributed by atoms with E-state index in [1.165, 1.54) is 17.4 Å². The summed E-state index contributed by atoms with van der Waals surface area (Å²) in [4.78, 5) is 34.9. The maximum absolute atomic E-state index is 13.4. The molecule has 2 N–H and O–H groups in total. The van der Waals surface area contributed by atoms with Crippen molar-refractivity contribution in [2.75, 3.05) is 13.3 Å². The highest BCUT2D eigenvalue weighted by Crippen LogP contribution is 2.50. The van der Waals surface area contributed by atoms with Gasteiger partial charge in [-0.1, -0.05) is 0 Å². The molecule has 0 amide bonds. The van der Waals surface area contributed by atoms with E-state index in [2.05, 4.69) is 15.0 Å². The summed E-state index contributed by atoms with van der Waals surface area (Å²) in [5.41, 5.74) is 2.50. The number of nitrogens with zero attached hydrogens (tertiary/aromatic N) is 3. The molecule has 4 heterocycles. The number of hydrogen-bond donors (Lipinski definition) is 2. The molecular formula is C23H27N4O6P. The van der Waals surface area contributed by atoms with Gasteiger partial charge in [0.15, 0.2) is 0 Å². The van der Waals surface area contributed by atoms with Crippen LogP contribution in [0, 0.1) is 13.8 Å². The number of aliphatic hydroxyl groups excluding tert-OH is 1. The molecular weight excluding hydrogens is 459 g/mol. The van der Waals surface area contributed by atoms with Gasteiger partial charge in [0.1, 0.15) is 12.3 Å². The van der Waals surface area contributed by atoms with Gasteiger partial charge in [-0.3, -0.25) is 28.9 Å². The van der Waals surface area contributed by atoms with E-state index in [4.69, 9.17) is 9.26 Å². The monoisotopic (exact) mass is 486 g/mol. The topological polar surface area (TPSA) is 136 Å². The van der Waals surface area contributed by atoms with E-state index in [-0.39, 0.29) is 19.2 Å². The Morgan fingerprint density at radius 3 is 2.62 bits per heavy atom. The van der Waals surface area contributed by atoms with Crippen LogP contribution in [0.25, 0.3) is 11.4 Å². The molecule has 180 valence electrons. The van der Waals surface area contributed by atoms with Gasteiger partial charge in [-0.25, -0.2) is 4.79 Å². The quantitative estimate of drug-likeness (QED) is 0.486. The van der Waals surface area contributed by atoms with Gasteiger partial charge in [0.2, 0.25) is 7.37 Å². The highest BCUT2D eigenvalue weighted by atomic mass is 31.2. The average molecular weight is 486 g/mol. The Labute approximate surface area is 196 Å². The zero-order valence-electron chi connectivity index (χ0n) is 19.2. The highest BCUT2D eigenvalue weighted by Gasteiger charge is 2.40. The second-order valence-electron chi connectivity index (χ2n) is 8.61. The zero-order valence-corrected chi connectivity index (χ0v) is 20.1. The fourth-order valence-corrected chi connectivity index (χ4v) is 5.72. The molecule has 1 aliphatic heterocycles. The lowest BCUT2D eigenvalue weighted by molar-refractivity contribution is -0.0418. The lowest BCUT2D eigenvalue weighted by Crippen LogP contribution is -2.33. The lowest BCUT2D eigenvalue weighted by Gasteiger charge is -2.22. The van der Waals surface area contributed by atoms with E-state index in [0.717, 1.165) is 16.8 Å². The van der Waals surface area contributed by atoms with Gasteiger partial charge in [-0.15, -0.1) is 0 Å². The third-order valence-corrected chi connectivity index (χ3v) is 7.30. The molecule has 0 bridgehead atoms. The van der Waals surface area contributed by atoms with Crippen LogP contribution in [0.3, 0.4) is 0 Å². The first-order valence-electron chi connectivity index (χ1n) is 10.9. The van der Waals surface area contributed by atoms with Crippen molar-refractivity contribution < 1.29 is 18.9 Å². The summed E-state index contributed by atoms with van der Waals surface area (Å²) >= 11 is 0. The predicted molar refractivity (Wildman–Crippen MR) is 126 cm³/mol. The van der Waals surface area contributed by atoms with Crippen molar-refractivity contribution in [3.63, 3.8) is 0 Å². The van der Waals surface area contributed by atoms with Gasteiger partial charge in [0.05, 0.1) is 24.1 Å². The molecule has 1 saturated heterocycles. The van der Waals surface area contributed by atoms with E-state index in [9.17, 15) is 19.3 Å². The Hall–Kier alpha value is -2.91. The van der Waals surface area contributed by atoms with E-state index in [1.807, 2.05) is 25.1 Å². The number of pyridine rings is 2. The minimum atomic E-state index is -3.17. The molecule has 1 fully saturated rings. The van der Waals surface area contributed by atoms with Gasteiger partial charge in [-0.2, -0.15) is 0 Å². The van der Waals surface area contributed by atoms with E-state index >= 15 is 0 Å². The maximum atomic E-state index is 13.4. The summed E-state index contributed by atoms with van der Waals surface area (Å²) in [6.45, 7) is 4.73. The van der Waals surface area contributed by atoms with Crippen LogP contribution < -0.4 is 11.2 Å². The number of aromatic amines is 1. The van der Waals surface area contributed by atoms with Crippen molar-refractivity contribution in [2.24, 2.45) is 0 Å². The van der Waals surface area contributed by atoms with Crippen molar-refractivity contribution in [3.8, 4) is 11.4 Å². The Bertz CT molecular complexity index is 1350. The van der Waals surface area contributed by atoms with Crippen LogP contribution >= 0.6 is 7.37 Å². The summed E-state index contributed by atoms with van der Waals surface area (Å²) in [6, 6.07) is 7.44. The Morgan fingerprint density at radius 2 is 1.91 bits per heavy atom. The van der Waals surface area contributed by atoms with Crippen LogP contribution in [0.15, 0.2) is 52.4 Å². The molecule has 0 aliphatic carbocycles. The number of hydrogen-bond acceptors (Lipinski definition) is 8. The maximum Gasteiger partial charge on any atom is 0.330 e. The average Bonchev–Trinajstić information content (AvgIpc) is 3.17. The van der Waals surface area contributed by atoms with Crippen molar-refractivity contribution >= 4 is 7.37 Å². The molecule has 4 rings (SSSR count). The minimum absolute atomic E-state index is 0.158. The summed E-state index contributed by atoms with van der Waals surface area (Å²) in [6.07, 6.45) is 2.91. The SMILES string of the molecule is Cc1ccnc(-c2cc(CP(C)(=O)OC3C[C@H](n4cc(C)c(=O)[nH]c4=O)O[C@@H]3CO)ccn2)c1. The second-order valence-corrected chi connectivity index (χ2v) is 11.2. The van der Waals surface area contributed by atoms with Crippen LogP contribution in [0.2, 0.25) is 0 Å². The minimum Gasteiger partial charge on any atom is -0.394 e. The standard InChI is InChI=1S/C23H27N4O6P/c1-14-4-6-24-17(8-14)18-9-16(5-7-25-18)13-34(3,31)33-19-10-21(32-20(19)12-28)27-11-15(2)22(29)26-23(27)30/h4-9,11,19-21,28H,10,12-13H2,1-3H3,(H,26,29,30)/t19?,20-,21-,34?/m1/s1. The summed E-state index contributed by atoms with van der Waals surface area (Å²) in [7, 11) is -3.17.